The fraction of sp³-hybridized carbons (Fsp3) is 0.600. The van der Waals surface area contributed by atoms with Crippen LogP contribution in [0.5, 0.6) is 0 Å². The fourth-order valence-electron chi connectivity index (χ4n) is 2.63. The molecule has 2 aliphatic heterocycles. The Balaban J connectivity index is 1.63. The van der Waals surface area contributed by atoms with Gasteiger partial charge in [0.2, 0.25) is 0 Å². The Morgan fingerprint density at radius 3 is 2.25 bits per heavy atom. The van der Waals surface area contributed by atoms with Gasteiger partial charge in [0.05, 0.1) is 17.6 Å². The third kappa shape index (κ3) is 4.09. The van der Waals surface area contributed by atoms with Crippen molar-refractivity contribution in [1.82, 2.24) is 0 Å². The first kappa shape index (κ1) is 18.5. The van der Waals surface area contributed by atoms with Gasteiger partial charge in [-0.05, 0) is 19.1 Å². The van der Waals surface area contributed by atoms with Crippen molar-refractivity contribution < 1.29 is 31.5 Å². The zero-order valence-corrected chi connectivity index (χ0v) is 16.1. The highest BCUT2D eigenvalue weighted by Crippen LogP contribution is 2.27. The van der Waals surface area contributed by atoms with E-state index >= 15 is 0 Å². The molecule has 0 aromatic heterocycles. The lowest BCUT2D eigenvalue weighted by Gasteiger charge is -2.24. The molecular weight excluding hydrogens is 451 g/mol. The van der Waals surface area contributed by atoms with Gasteiger partial charge in [0.15, 0.2) is 0 Å². The topological polar surface area (TPSA) is 80.3 Å². The van der Waals surface area contributed by atoms with Gasteiger partial charge >= 0.3 is 0 Å². The molecule has 1 aromatic rings. The molecule has 0 amide bonds. The molecule has 134 valence electrons. The van der Waals surface area contributed by atoms with E-state index in [0.29, 0.717) is 0 Å². The molecule has 2 fully saturated rings. The van der Waals surface area contributed by atoms with Crippen molar-refractivity contribution in [3.05, 3.63) is 29.8 Å². The molecule has 9 heteroatoms. The molecule has 1 aromatic carbocycles. The smallest absolute Gasteiger partial charge is 0.297 e. The Bertz CT molecular complexity index is 648. The highest BCUT2D eigenvalue weighted by molar-refractivity contribution is 14.1. The van der Waals surface area contributed by atoms with E-state index in [0.717, 1.165) is 9.99 Å². The zero-order chi connectivity index (χ0) is 17.2. The first-order valence-electron chi connectivity index (χ1n) is 7.50. The maximum Gasteiger partial charge on any atom is 0.297 e. The van der Waals surface area contributed by atoms with E-state index in [1.54, 1.807) is 12.1 Å². The van der Waals surface area contributed by atoms with Crippen molar-refractivity contribution in [3.8, 4) is 0 Å². The summed E-state index contributed by atoms with van der Waals surface area (Å²) >= 11 is 2.21. The molecule has 0 bridgehead atoms. The molecule has 2 aliphatic rings. The van der Waals surface area contributed by atoms with Gasteiger partial charge < -0.3 is 18.9 Å². The van der Waals surface area contributed by atoms with Crippen molar-refractivity contribution in [2.24, 2.45) is 0 Å². The Morgan fingerprint density at radius 1 is 1.04 bits per heavy atom. The predicted octanol–water partition coefficient (Wildman–Crippen LogP) is 1.62. The van der Waals surface area contributed by atoms with Gasteiger partial charge in [-0.15, -0.1) is 0 Å². The summed E-state index contributed by atoms with van der Waals surface area (Å²) in [4.78, 5) is 0.120. The molecule has 0 saturated carbocycles. The summed E-state index contributed by atoms with van der Waals surface area (Å²) < 4.78 is 52.5. The summed E-state index contributed by atoms with van der Waals surface area (Å²) in [5.41, 5.74) is 0.977. The van der Waals surface area contributed by atoms with Crippen LogP contribution >= 0.6 is 22.6 Å². The molecule has 0 radical (unpaired) electrons. The van der Waals surface area contributed by atoms with Gasteiger partial charge in [-0.2, -0.15) is 8.42 Å². The van der Waals surface area contributed by atoms with E-state index in [2.05, 4.69) is 22.6 Å². The molecule has 2 heterocycles. The second kappa shape index (κ2) is 7.94. The summed E-state index contributed by atoms with van der Waals surface area (Å²) in [6.07, 6.45) is -1.34. The number of halogens is 1. The van der Waals surface area contributed by atoms with Crippen LogP contribution in [0.1, 0.15) is 5.56 Å². The van der Waals surface area contributed by atoms with Crippen LogP contribution in [-0.4, -0.2) is 57.5 Å². The third-order valence-electron chi connectivity index (χ3n) is 3.99. The second-order valence-corrected chi connectivity index (χ2v) is 8.11. The van der Waals surface area contributed by atoms with Gasteiger partial charge in [-0.1, -0.05) is 40.3 Å². The van der Waals surface area contributed by atoms with Crippen molar-refractivity contribution >= 4 is 32.7 Å². The summed E-state index contributed by atoms with van der Waals surface area (Å²) in [5.74, 6) is 0. The normalized spacial score (nSPS) is 30.8. The van der Waals surface area contributed by atoms with Crippen LogP contribution < -0.4 is 0 Å². The Labute approximate surface area is 154 Å². The second-order valence-electron chi connectivity index (χ2n) is 5.61. The lowest BCUT2D eigenvalue weighted by Crippen LogP contribution is -2.44. The van der Waals surface area contributed by atoms with Gasteiger partial charge in [0.1, 0.15) is 31.9 Å². The number of aryl methyl sites for hydroxylation is 1. The SMILES string of the molecule is Cc1ccc(S(=O)(=O)OC[C@@H]2OCO[C@@H]2[C@H]2OCO[C@H]2CI)cc1. The summed E-state index contributed by atoms with van der Waals surface area (Å²) in [7, 11) is -3.84. The van der Waals surface area contributed by atoms with Crippen LogP contribution in [0.25, 0.3) is 0 Å². The van der Waals surface area contributed by atoms with Crippen molar-refractivity contribution in [1.29, 1.82) is 0 Å². The summed E-state index contributed by atoms with van der Waals surface area (Å²) in [6, 6.07) is 6.49. The van der Waals surface area contributed by atoms with Gasteiger partial charge in [0.25, 0.3) is 10.1 Å². The maximum atomic E-state index is 12.3. The molecule has 3 rings (SSSR count). The highest BCUT2D eigenvalue weighted by Gasteiger charge is 2.44. The monoisotopic (exact) mass is 470 g/mol. The Hall–Kier alpha value is -0.300. The minimum Gasteiger partial charge on any atom is -0.349 e. The maximum absolute atomic E-state index is 12.3. The lowest BCUT2D eigenvalue weighted by molar-refractivity contribution is -0.0324. The minimum atomic E-state index is -3.84. The number of rotatable bonds is 6. The molecule has 7 nitrogen and oxygen atoms in total. The van der Waals surface area contributed by atoms with Gasteiger partial charge in [0, 0.05) is 4.43 Å². The zero-order valence-electron chi connectivity index (χ0n) is 13.1. The van der Waals surface area contributed by atoms with Crippen LogP contribution in [0.3, 0.4) is 0 Å². The third-order valence-corrected chi connectivity index (χ3v) is 6.16. The van der Waals surface area contributed by atoms with E-state index in [1.165, 1.54) is 12.1 Å². The largest absolute Gasteiger partial charge is 0.349 e. The summed E-state index contributed by atoms with van der Waals surface area (Å²) in [5, 5.41) is 0. The van der Waals surface area contributed by atoms with Crippen LogP contribution in [0, 0.1) is 6.92 Å². The van der Waals surface area contributed by atoms with E-state index in [1.807, 2.05) is 6.92 Å². The average molecular weight is 470 g/mol. The van der Waals surface area contributed by atoms with Crippen LogP contribution in [0.15, 0.2) is 29.2 Å². The standard InChI is InChI=1S/C15H19IO7S/c1-10-2-4-11(5-3-10)24(17,18)23-7-13-15(22-9-20-13)14-12(6-16)19-8-21-14/h2-5,12-15H,6-9H2,1H3/t12-,13-,14-,15-/m0/s1. The average Bonchev–Trinajstić information content (AvgIpc) is 3.21. The van der Waals surface area contributed by atoms with Crippen molar-refractivity contribution in [2.45, 2.75) is 36.2 Å². The minimum absolute atomic E-state index is 0.0805. The Morgan fingerprint density at radius 2 is 1.62 bits per heavy atom. The Kier molecular flexibility index (Phi) is 6.11. The number of alkyl halides is 1. The quantitative estimate of drug-likeness (QED) is 0.355. The van der Waals surface area contributed by atoms with Crippen LogP contribution in [0.4, 0.5) is 0 Å². The number of hydrogen-bond acceptors (Lipinski definition) is 7. The van der Waals surface area contributed by atoms with Crippen LogP contribution in [0.2, 0.25) is 0 Å². The first-order valence-corrected chi connectivity index (χ1v) is 10.4. The predicted molar refractivity (Wildman–Crippen MR) is 92.4 cm³/mol. The summed E-state index contributed by atoms with van der Waals surface area (Å²) in [6.45, 7) is 2.04. The molecule has 0 unspecified atom stereocenters. The van der Waals surface area contributed by atoms with E-state index in [9.17, 15) is 8.42 Å². The van der Waals surface area contributed by atoms with E-state index in [-0.39, 0.29) is 37.3 Å². The lowest BCUT2D eigenvalue weighted by atomic mass is 10.0. The fourth-order valence-corrected chi connectivity index (χ4v) is 4.31. The van der Waals surface area contributed by atoms with E-state index in [4.69, 9.17) is 23.1 Å². The molecule has 24 heavy (non-hydrogen) atoms. The number of ether oxygens (including phenoxy) is 4. The van der Waals surface area contributed by atoms with Crippen molar-refractivity contribution in [2.75, 3.05) is 24.6 Å². The number of hydrogen-bond donors (Lipinski definition) is 0. The van der Waals surface area contributed by atoms with Gasteiger partial charge in [-0.3, -0.25) is 4.18 Å². The first-order chi connectivity index (χ1) is 11.5. The molecule has 4 atom stereocenters. The molecule has 0 N–H and O–H groups in total. The molecule has 0 spiro atoms. The van der Waals surface area contributed by atoms with Crippen molar-refractivity contribution in [3.63, 3.8) is 0 Å². The van der Waals surface area contributed by atoms with Crippen LogP contribution in [-0.2, 0) is 33.2 Å². The molecule has 2 saturated heterocycles. The van der Waals surface area contributed by atoms with E-state index < -0.39 is 22.3 Å². The highest BCUT2D eigenvalue weighted by atomic mass is 127. The molecular formula is C15H19IO7S. The number of benzene rings is 1. The van der Waals surface area contributed by atoms with Gasteiger partial charge in [-0.25, -0.2) is 0 Å². The molecule has 0 aliphatic carbocycles.